The molecular formula is C16H23NaS. The van der Waals surface area contributed by atoms with Crippen LogP contribution in [0.2, 0.25) is 0 Å². The van der Waals surface area contributed by atoms with E-state index in [0.29, 0.717) is 0 Å². The van der Waals surface area contributed by atoms with Gasteiger partial charge in [-0.15, -0.1) is 0 Å². The zero-order valence-electron chi connectivity index (χ0n) is 11.2. The van der Waals surface area contributed by atoms with Gasteiger partial charge >= 0.3 is 29.6 Å². The summed E-state index contributed by atoms with van der Waals surface area (Å²) in [6, 6.07) is 21.8. The quantitative estimate of drug-likeness (QED) is 0.727. The number of hydrogen-bond acceptors (Lipinski definition) is 0. The van der Waals surface area contributed by atoms with Crippen molar-refractivity contribution in [1.29, 1.82) is 0 Å². The molecule has 2 heteroatoms. The topological polar surface area (TPSA) is 0 Å². The fourth-order valence-corrected chi connectivity index (χ4v) is 5.24. The van der Waals surface area contributed by atoms with Gasteiger partial charge in [0.1, 0.15) is 0 Å². The van der Waals surface area contributed by atoms with Crippen molar-refractivity contribution in [3.63, 3.8) is 0 Å². The molecule has 0 aliphatic rings. The minimum atomic E-state index is -2.38. The molecule has 2 aromatic rings. The van der Waals surface area contributed by atoms with E-state index < -0.39 is 8.29 Å². The molecule has 0 aliphatic carbocycles. The summed E-state index contributed by atoms with van der Waals surface area (Å²) in [5.41, 5.74) is 0. The molecule has 0 fully saturated rings. The Balaban J connectivity index is 0.00000162. The van der Waals surface area contributed by atoms with E-state index in [1.165, 1.54) is 9.79 Å². The minimum absolute atomic E-state index is 0. The summed E-state index contributed by atoms with van der Waals surface area (Å²) in [4.78, 5) is 2.89. The van der Waals surface area contributed by atoms with Crippen molar-refractivity contribution in [1.82, 2.24) is 0 Å². The molecule has 0 spiro atoms. The third-order valence-corrected chi connectivity index (χ3v) is 8.39. The number of hydrogen-bond donors (Lipinski definition) is 0. The van der Waals surface area contributed by atoms with Crippen LogP contribution in [-0.2, 0) is 0 Å². The summed E-state index contributed by atoms with van der Waals surface area (Å²) in [5.74, 6) is 0. The molecule has 0 saturated heterocycles. The Bertz CT molecular complexity index is 477. The monoisotopic (exact) mass is 270 g/mol. The zero-order chi connectivity index (χ0) is 12.6. The summed E-state index contributed by atoms with van der Waals surface area (Å²) >= 11 is 0. The molecule has 0 radical (unpaired) electrons. The standard InChI is InChI=1S/C16H22S.Na.H/c1-17(2,3,4,15-11-7-5-8-12-15)16-13-9-6-10-14-16;;/h5-14H,1-4H3;;. The molecule has 2 aromatic carbocycles. The van der Waals surface area contributed by atoms with E-state index in [2.05, 4.69) is 85.7 Å². The van der Waals surface area contributed by atoms with E-state index >= 15 is 0 Å². The van der Waals surface area contributed by atoms with Crippen molar-refractivity contribution in [3.8, 4) is 0 Å². The Morgan fingerprint density at radius 3 is 1.11 bits per heavy atom. The molecule has 0 nitrogen and oxygen atoms in total. The van der Waals surface area contributed by atoms with Crippen LogP contribution in [0.5, 0.6) is 0 Å². The zero-order valence-corrected chi connectivity index (χ0v) is 12.0. The SMILES string of the molecule is CS(C)(C)(C)(c1ccccc1)c1ccccc1.[NaH]. The van der Waals surface area contributed by atoms with Gasteiger partial charge in [0.2, 0.25) is 0 Å². The van der Waals surface area contributed by atoms with E-state index in [-0.39, 0.29) is 29.6 Å². The fraction of sp³-hybridized carbons (Fsp3) is 0.250. The predicted molar refractivity (Wildman–Crippen MR) is 87.9 cm³/mol. The second-order valence-electron chi connectivity index (χ2n) is 6.81. The van der Waals surface area contributed by atoms with E-state index in [1.807, 2.05) is 0 Å². The Morgan fingerprint density at radius 1 is 0.556 bits per heavy atom. The fourth-order valence-electron chi connectivity index (χ4n) is 2.20. The van der Waals surface area contributed by atoms with Crippen LogP contribution in [-0.4, -0.2) is 54.6 Å². The third kappa shape index (κ3) is 2.70. The maximum atomic E-state index is 2.42. The maximum absolute atomic E-state index is 2.42. The van der Waals surface area contributed by atoms with Gasteiger partial charge in [-0.3, -0.25) is 0 Å². The van der Waals surface area contributed by atoms with E-state index in [0.717, 1.165) is 0 Å². The summed E-state index contributed by atoms with van der Waals surface area (Å²) in [6.07, 6.45) is 9.69. The summed E-state index contributed by atoms with van der Waals surface area (Å²) in [6.45, 7) is 0. The van der Waals surface area contributed by atoms with Gasteiger partial charge in [-0.2, -0.15) is 0 Å². The van der Waals surface area contributed by atoms with Gasteiger partial charge in [0.15, 0.2) is 0 Å². The third-order valence-electron chi connectivity index (χ3n) is 3.61. The van der Waals surface area contributed by atoms with Gasteiger partial charge in [-0.1, -0.05) is 60.7 Å². The van der Waals surface area contributed by atoms with Crippen molar-refractivity contribution in [3.05, 3.63) is 60.7 Å². The van der Waals surface area contributed by atoms with Crippen LogP contribution in [0, 0.1) is 0 Å². The van der Waals surface area contributed by atoms with Crippen molar-refractivity contribution in [2.24, 2.45) is 0 Å². The molecule has 0 aromatic heterocycles. The molecule has 0 bridgehead atoms. The molecule has 94 valence electrons. The van der Waals surface area contributed by atoms with E-state index in [1.54, 1.807) is 0 Å². The molecule has 18 heavy (non-hydrogen) atoms. The molecule has 0 unspecified atom stereocenters. The normalized spacial score (nSPS) is 15.1. The molecule has 0 N–H and O–H groups in total. The van der Waals surface area contributed by atoms with Gasteiger partial charge in [0, 0.05) is 0 Å². The molecule has 0 amide bonds. The van der Waals surface area contributed by atoms with Gasteiger partial charge in [-0.25, -0.2) is 8.29 Å². The van der Waals surface area contributed by atoms with Crippen LogP contribution in [0.15, 0.2) is 70.5 Å². The van der Waals surface area contributed by atoms with Crippen LogP contribution in [0.4, 0.5) is 0 Å². The number of benzene rings is 2. The predicted octanol–water partition coefficient (Wildman–Crippen LogP) is 3.85. The first-order valence-electron chi connectivity index (χ1n) is 5.86. The Hall–Kier alpha value is -0.210. The average molecular weight is 270 g/mol. The van der Waals surface area contributed by atoms with E-state index in [9.17, 15) is 0 Å². The van der Waals surface area contributed by atoms with Crippen molar-refractivity contribution in [2.75, 3.05) is 25.0 Å². The van der Waals surface area contributed by atoms with Crippen molar-refractivity contribution in [2.45, 2.75) is 9.79 Å². The van der Waals surface area contributed by atoms with Gasteiger partial charge < -0.3 is 0 Å². The Labute approximate surface area is 132 Å². The second-order valence-corrected chi connectivity index (χ2v) is 16.1. The first-order chi connectivity index (χ1) is 7.74. The average Bonchev–Trinajstić information content (AvgIpc) is 2.30. The summed E-state index contributed by atoms with van der Waals surface area (Å²) in [7, 11) is -2.38. The van der Waals surface area contributed by atoms with Crippen LogP contribution in [0.3, 0.4) is 0 Å². The van der Waals surface area contributed by atoms with Crippen LogP contribution >= 0.6 is 8.29 Å². The second kappa shape index (κ2) is 4.42. The summed E-state index contributed by atoms with van der Waals surface area (Å²) < 4.78 is 0. The molecule has 2 rings (SSSR count). The van der Waals surface area contributed by atoms with Crippen molar-refractivity contribution < 1.29 is 0 Å². The van der Waals surface area contributed by atoms with Crippen LogP contribution in [0.25, 0.3) is 0 Å². The Morgan fingerprint density at radius 2 is 0.833 bits per heavy atom. The molecule has 0 aliphatic heterocycles. The van der Waals surface area contributed by atoms with Crippen LogP contribution in [0.1, 0.15) is 0 Å². The molecular weight excluding hydrogens is 247 g/mol. The Kier molecular flexibility index (Phi) is 3.89. The van der Waals surface area contributed by atoms with Gasteiger partial charge in [-0.05, 0) is 34.8 Å². The van der Waals surface area contributed by atoms with Crippen molar-refractivity contribution >= 4 is 37.9 Å². The first kappa shape index (κ1) is 15.8. The number of rotatable bonds is 2. The first-order valence-corrected chi connectivity index (χ1v) is 9.95. The van der Waals surface area contributed by atoms with Gasteiger partial charge in [0.25, 0.3) is 0 Å². The molecule has 0 heterocycles. The molecule has 0 saturated carbocycles. The summed E-state index contributed by atoms with van der Waals surface area (Å²) in [5, 5.41) is 0. The molecule has 0 atom stereocenters. The van der Waals surface area contributed by atoms with Crippen LogP contribution < -0.4 is 0 Å². The van der Waals surface area contributed by atoms with Gasteiger partial charge in [0.05, 0.1) is 0 Å². The van der Waals surface area contributed by atoms with E-state index in [4.69, 9.17) is 0 Å².